The van der Waals surface area contributed by atoms with Gasteiger partial charge in [-0.1, -0.05) is 0 Å². The van der Waals surface area contributed by atoms with E-state index in [0.717, 1.165) is 0 Å². The van der Waals surface area contributed by atoms with Crippen LogP contribution in [-0.4, -0.2) is 19.3 Å². The number of rotatable bonds is 3. The van der Waals surface area contributed by atoms with Crippen LogP contribution in [0.4, 0.5) is 30.7 Å². The zero-order valence-corrected chi connectivity index (χ0v) is 5.04. The van der Waals surface area contributed by atoms with Crippen LogP contribution in [0.25, 0.3) is 0 Å². The van der Waals surface area contributed by atoms with Gasteiger partial charge in [-0.15, -0.1) is 22.0 Å². The summed E-state index contributed by atoms with van der Waals surface area (Å²) in [4.78, 5) is 0. The van der Waals surface area contributed by atoms with E-state index in [4.69, 9.17) is 0 Å². The number of ether oxygens (including phenoxy) is 2. The minimum atomic E-state index is -5.74. The van der Waals surface area contributed by atoms with E-state index in [1.54, 1.807) is 0 Å². The summed E-state index contributed by atoms with van der Waals surface area (Å²) in [6.07, 6.45) is -11.1. The van der Waals surface area contributed by atoms with Gasteiger partial charge in [-0.3, -0.25) is 0 Å². The first kappa shape index (κ1) is 11.4. The summed E-state index contributed by atoms with van der Waals surface area (Å²) in [5, 5.41) is 0. The summed E-state index contributed by atoms with van der Waals surface area (Å²) in [6.45, 7) is -4.05. The molecule has 0 aromatic rings. The van der Waals surface area contributed by atoms with E-state index in [9.17, 15) is 30.7 Å². The highest BCUT2D eigenvalue weighted by molar-refractivity contribution is 4.35. The maximum Gasteiger partial charge on any atom is 0.529 e. The Morgan fingerprint density at radius 3 is 1.58 bits per heavy atom. The van der Waals surface area contributed by atoms with Crippen molar-refractivity contribution in [1.82, 2.24) is 0 Å². The van der Waals surface area contributed by atoms with E-state index >= 15 is 0 Å². The molecule has 9 heteroatoms. The molecule has 0 rings (SSSR count). The zero-order valence-electron chi connectivity index (χ0n) is 5.04. The van der Waals surface area contributed by atoms with Crippen LogP contribution in [0.15, 0.2) is 0 Å². The summed E-state index contributed by atoms with van der Waals surface area (Å²) < 4.78 is 82.0. The maximum absolute atomic E-state index is 11.5. The van der Waals surface area contributed by atoms with Crippen molar-refractivity contribution >= 4 is 0 Å². The molecule has 0 atom stereocenters. The first-order chi connectivity index (χ1) is 5.12. The van der Waals surface area contributed by atoms with Gasteiger partial charge in [-0.2, -0.15) is 8.78 Å². The molecule has 0 heterocycles. The minimum absolute atomic E-state index is 1.90. The van der Waals surface area contributed by atoms with Crippen LogP contribution in [0.1, 0.15) is 0 Å². The average molecular weight is 202 g/mol. The Hall–Kier alpha value is -0.570. The van der Waals surface area contributed by atoms with Gasteiger partial charge < -0.3 is 0 Å². The van der Waals surface area contributed by atoms with E-state index < -0.39 is 19.3 Å². The molecule has 0 fully saturated rings. The van der Waals surface area contributed by atoms with E-state index in [1.165, 1.54) is 0 Å². The minimum Gasteiger partial charge on any atom is -0.232 e. The molecule has 0 spiro atoms. The molecule has 0 aliphatic rings. The van der Waals surface area contributed by atoms with Crippen LogP contribution in [0.5, 0.6) is 0 Å². The molecular weight excluding hydrogens is 201 g/mol. The van der Waals surface area contributed by atoms with Crippen molar-refractivity contribution in [2.45, 2.75) is 19.3 Å². The molecular formula is C3HF7O2. The molecule has 0 bridgehead atoms. The van der Waals surface area contributed by atoms with Crippen molar-refractivity contribution in [3.8, 4) is 0 Å². The highest BCUT2D eigenvalue weighted by Gasteiger charge is 2.48. The smallest absolute Gasteiger partial charge is 0.232 e. The third kappa shape index (κ3) is 6.16. The van der Waals surface area contributed by atoms with Crippen molar-refractivity contribution in [1.29, 1.82) is 0 Å². The Bertz CT molecular complexity index is 140. The molecule has 0 aliphatic heterocycles. The first-order valence-corrected chi connectivity index (χ1v) is 2.23. The Morgan fingerprint density at radius 2 is 1.33 bits per heavy atom. The molecule has 0 aromatic carbocycles. The molecule has 0 saturated carbocycles. The molecule has 0 amide bonds. The first-order valence-electron chi connectivity index (χ1n) is 2.23. The lowest BCUT2D eigenvalue weighted by molar-refractivity contribution is -0.516. The van der Waals surface area contributed by atoms with Gasteiger partial charge >= 0.3 is 19.3 Å². The summed E-state index contributed by atoms with van der Waals surface area (Å²) in [5.74, 6) is 0. The second-order valence-corrected chi connectivity index (χ2v) is 1.39. The number of hydrogen-bond acceptors (Lipinski definition) is 2. The van der Waals surface area contributed by atoms with Crippen LogP contribution < -0.4 is 0 Å². The number of halogens is 7. The van der Waals surface area contributed by atoms with Gasteiger partial charge in [0.05, 0.1) is 0 Å². The molecule has 0 N–H and O–H groups in total. The normalized spacial score (nSPS) is 14.0. The Balaban J connectivity index is 4.04. The molecule has 74 valence electrons. The van der Waals surface area contributed by atoms with Gasteiger partial charge in [0.15, 0.2) is 0 Å². The van der Waals surface area contributed by atoms with Crippen molar-refractivity contribution in [3.05, 3.63) is 0 Å². The average Bonchev–Trinajstić information content (AvgIpc) is 1.48. The molecule has 0 aliphatic carbocycles. The fourth-order valence-electron chi connectivity index (χ4n) is 0.262. The Kier molecular flexibility index (Phi) is 3.27. The van der Waals surface area contributed by atoms with Crippen LogP contribution in [0.3, 0.4) is 0 Å². The number of alkyl halides is 7. The highest BCUT2D eigenvalue weighted by Crippen LogP contribution is 2.29. The summed E-state index contributed by atoms with van der Waals surface area (Å²) in [5.41, 5.74) is 0. The maximum atomic E-state index is 11.5. The standard InChI is InChI=1S/C3HF7O2/c4-1(5)11-3(9,10)12-2(6,7)8/h1H. The lowest BCUT2D eigenvalue weighted by atomic mass is 11.1. The van der Waals surface area contributed by atoms with Gasteiger partial charge in [-0.25, -0.2) is 9.47 Å². The molecule has 12 heavy (non-hydrogen) atoms. The third-order valence-electron chi connectivity index (χ3n) is 0.461. The quantitative estimate of drug-likeness (QED) is 0.516. The molecule has 0 unspecified atom stereocenters. The van der Waals surface area contributed by atoms with Crippen molar-refractivity contribution < 1.29 is 40.2 Å². The topological polar surface area (TPSA) is 18.5 Å². The molecule has 0 radical (unpaired) electrons. The van der Waals surface area contributed by atoms with Crippen LogP contribution in [0.2, 0.25) is 0 Å². The predicted octanol–water partition coefficient (Wildman–Crippen LogP) is 2.31. The molecule has 0 aromatic heterocycles. The van der Waals surface area contributed by atoms with E-state index in [1.807, 2.05) is 4.74 Å². The summed E-state index contributed by atoms with van der Waals surface area (Å²) in [6, 6.07) is 0. The number of hydrogen-bond donors (Lipinski definition) is 0. The molecule has 2 nitrogen and oxygen atoms in total. The van der Waals surface area contributed by atoms with Crippen LogP contribution in [-0.2, 0) is 9.47 Å². The van der Waals surface area contributed by atoms with Gasteiger partial charge in [0, 0.05) is 0 Å². The largest absolute Gasteiger partial charge is 0.529 e. The fourth-order valence-corrected chi connectivity index (χ4v) is 0.262. The lowest BCUT2D eigenvalue weighted by Gasteiger charge is -2.16. The lowest BCUT2D eigenvalue weighted by Crippen LogP contribution is -2.33. The summed E-state index contributed by atoms with van der Waals surface area (Å²) >= 11 is 0. The van der Waals surface area contributed by atoms with Crippen LogP contribution in [0, 0.1) is 0 Å². The van der Waals surface area contributed by atoms with Gasteiger partial charge in [-0.05, 0) is 0 Å². The third-order valence-corrected chi connectivity index (χ3v) is 0.461. The SMILES string of the molecule is FC(F)OC(F)(F)OC(F)(F)F. The Labute approximate surface area is 60.9 Å². The highest BCUT2D eigenvalue weighted by atomic mass is 19.4. The monoisotopic (exact) mass is 202 g/mol. The van der Waals surface area contributed by atoms with Crippen molar-refractivity contribution in [3.63, 3.8) is 0 Å². The fraction of sp³-hybridized carbons (Fsp3) is 1.00. The van der Waals surface area contributed by atoms with E-state index in [0.29, 0.717) is 0 Å². The van der Waals surface area contributed by atoms with Crippen LogP contribution >= 0.6 is 0 Å². The second kappa shape index (κ2) is 3.44. The molecule has 0 saturated heterocycles. The summed E-state index contributed by atoms with van der Waals surface area (Å²) in [7, 11) is 0. The Morgan fingerprint density at radius 1 is 0.917 bits per heavy atom. The van der Waals surface area contributed by atoms with E-state index in [-0.39, 0.29) is 0 Å². The van der Waals surface area contributed by atoms with Gasteiger partial charge in [0.25, 0.3) is 0 Å². The van der Waals surface area contributed by atoms with Crippen molar-refractivity contribution in [2.75, 3.05) is 0 Å². The second-order valence-electron chi connectivity index (χ2n) is 1.39. The predicted molar refractivity (Wildman–Crippen MR) is 19.2 cm³/mol. The van der Waals surface area contributed by atoms with Gasteiger partial charge in [0.1, 0.15) is 0 Å². The van der Waals surface area contributed by atoms with Gasteiger partial charge in [0.2, 0.25) is 0 Å². The van der Waals surface area contributed by atoms with Crippen molar-refractivity contribution in [2.24, 2.45) is 0 Å². The zero-order chi connectivity index (χ0) is 9.99. The van der Waals surface area contributed by atoms with E-state index in [2.05, 4.69) is 4.74 Å².